The molecule has 6 heteroatoms. The molecule has 0 unspecified atom stereocenters. The van der Waals surface area contributed by atoms with Gasteiger partial charge in [0, 0.05) is 24.1 Å². The van der Waals surface area contributed by atoms with Gasteiger partial charge in [-0.2, -0.15) is 0 Å². The number of ether oxygens (including phenoxy) is 2. The van der Waals surface area contributed by atoms with Gasteiger partial charge in [0.05, 0.1) is 14.2 Å². The predicted octanol–water partition coefficient (Wildman–Crippen LogP) is 3.41. The fraction of sp³-hybridized carbons (Fsp3) is 0.192. The van der Waals surface area contributed by atoms with Gasteiger partial charge < -0.3 is 14.8 Å². The summed E-state index contributed by atoms with van der Waals surface area (Å²) in [7, 11) is 3.17. The first-order chi connectivity index (χ1) is 15.5. The molecular formula is C26H25NO5. The number of ketones is 2. The Balaban J connectivity index is 1.49. The lowest BCUT2D eigenvalue weighted by Crippen LogP contribution is -2.33. The van der Waals surface area contributed by atoms with E-state index in [0.29, 0.717) is 35.4 Å². The van der Waals surface area contributed by atoms with Crippen molar-refractivity contribution in [3.63, 3.8) is 0 Å². The molecule has 0 atom stereocenters. The van der Waals surface area contributed by atoms with Crippen LogP contribution in [0.5, 0.6) is 11.5 Å². The van der Waals surface area contributed by atoms with Crippen molar-refractivity contribution in [2.45, 2.75) is 12.8 Å². The minimum atomic E-state index is -0.614. The standard InChI is InChI=1S/C26H25NO5/c1-31-22-11-5-18(6-12-22)15-16-27-26(30)24(28)17-19-3-7-20(8-4-19)25(29)21-9-13-23(32-2)14-10-21/h3-14H,15-17H2,1-2H3,(H,27,30). The minimum absolute atomic E-state index is 0.0224. The molecule has 0 saturated heterocycles. The molecule has 3 aromatic carbocycles. The maximum atomic E-state index is 12.6. The van der Waals surface area contributed by atoms with E-state index in [4.69, 9.17) is 9.47 Å². The summed E-state index contributed by atoms with van der Waals surface area (Å²) >= 11 is 0. The van der Waals surface area contributed by atoms with Crippen LogP contribution in [0.2, 0.25) is 0 Å². The molecule has 0 aliphatic heterocycles. The maximum Gasteiger partial charge on any atom is 0.287 e. The van der Waals surface area contributed by atoms with Crippen molar-refractivity contribution < 1.29 is 23.9 Å². The Morgan fingerprint density at radius 3 is 1.69 bits per heavy atom. The maximum absolute atomic E-state index is 12.6. The molecule has 1 N–H and O–H groups in total. The largest absolute Gasteiger partial charge is 0.497 e. The van der Waals surface area contributed by atoms with Crippen LogP contribution in [0, 0.1) is 0 Å². The van der Waals surface area contributed by atoms with Gasteiger partial charge >= 0.3 is 0 Å². The third-order valence-electron chi connectivity index (χ3n) is 5.04. The van der Waals surface area contributed by atoms with Gasteiger partial charge in [0.25, 0.3) is 5.91 Å². The Labute approximate surface area is 187 Å². The lowest BCUT2D eigenvalue weighted by atomic mass is 10.0. The van der Waals surface area contributed by atoms with E-state index < -0.39 is 11.7 Å². The summed E-state index contributed by atoms with van der Waals surface area (Å²) in [4.78, 5) is 36.9. The first-order valence-corrected chi connectivity index (χ1v) is 10.2. The van der Waals surface area contributed by atoms with Gasteiger partial charge in [-0.25, -0.2) is 0 Å². The second-order valence-corrected chi connectivity index (χ2v) is 7.21. The zero-order chi connectivity index (χ0) is 22.9. The molecule has 0 saturated carbocycles. The van der Waals surface area contributed by atoms with Crippen LogP contribution in [0.15, 0.2) is 72.8 Å². The van der Waals surface area contributed by atoms with E-state index in [2.05, 4.69) is 5.32 Å². The summed E-state index contributed by atoms with van der Waals surface area (Å²) < 4.78 is 10.2. The third kappa shape index (κ3) is 6.04. The van der Waals surface area contributed by atoms with Crippen molar-refractivity contribution in [1.82, 2.24) is 5.32 Å². The first kappa shape index (κ1) is 22.7. The average molecular weight is 431 g/mol. The summed E-state index contributed by atoms with van der Waals surface area (Å²) in [6.07, 6.45) is 0.594. The van der Waals surface area contributed by atoms with Gasteiger partial charge in [-0.05, 0) is 53.9 Å². The lowest BCUT2D eigenvalue weighted by molar-refractivity contribution is -0.137. The number of hydrogen-bond donors (Lipinski definition) is 1. The van der Waals surface area contributed by atoms with E-state index in [1.165, 1.54) is 0 Å². The Hall–Kier alpha value is -3.93. The van der Waals surface area contributed by atoms with Gasteiger partial charge in [-0.1, -0.05) is 36.4 Å². The highest BCUT2D eigenvalue weighted by Gasteiger charge is 2.15. The average Bonchev–Trinajstić information content (AvgIpc) is 2.84. The molecule has 6 nitrogen and oxygen atoms in total. The molecule has 0 spiro atoms. The zero-order valence-electron chi connectivity index (χ0n) is 18.1. The van der Waals surface area contributed by atoms with Gasteiger partial charge in [-0.3, -0.25) is 14.4 Å². The number of rotatable bonds is 10. The molecule has 0 radical (unpaired) electrons. The highest BCUT2D eigenvalue weighted by molar-refractivity contribution is 6.36. The summed E-state index contributed by atoms with van der Waals surface area (Å²) in [6, 6.07) is 21.1. The summed E-state index contributed by atoms with van der Waals surface area (Å²) in [5.41, 5.74) is 2.77. The topological polar surface area (TPSA) is 81.7 Å². The number of nitrogens with one attached hydrogen (secondary N) is 1. The molecule has 0 aromatic heterocycles. The molecule has 1 amide bonds. The highest BCUT2D eigenvalue weighted by Crippen LogP contribution is 2.16. The summed E-state index contributed by atoms with van der Waals surface area (Å²) in [6.45, 7) is 0.367. The molecule has 0 fully saturated rings. The lowest BCUT2D eigenvalue weighted by Gasteiger charge is -2.07. The van der Waals surface area contributed by atoms with Crippen molar-refractivity contribution in [3.05, 3.63) is 95.1 Å². The SMILES string of the molecule is COc1ccc(CCNC(=O)C(=O)Cc2ccc(C(=O)c3ccc(OC)cc3)cc2)cc1. The Morgan fingerprint density at radius 1 is 0.688 bits per heavy atom. The number of amides is 1. The molecule has 0 aliphatic carbocycles. The molecule has 3 rings (SSSR count). The van der Waals surface area contributed by atoms with Crippen LogP contribution < -0.4 is 14.8 Å². The van der Waals surface area contributed by atoms with Crippen molar-refractivity contribution in [3.8, 4) is 11.5 Å². The van der Waals surface area contributed by atoms with Gasteiger partial charge in [0.1, 0.15) is 11.5 Å². The number of carbonyl (C=O) groups is 3. The van der Waals surface area contributed by atoms with Crippen LogP contribution >= 0.6 is 0 Å². The van der Waals surface area contributed by atoms with Crippen LogP contribution in [-0.2, 0) is 22.4 Å². The van der Waals surface area contributed by atoms with Crippen LogP contribution in [0.4, 0.5) is 0 Å². The van der Waals surface area contributed by atoms with Gasteiger partial charge in [-0.15, -0.1) is 0 Å². The molecule has 0 aliphatic rings. The minimum Gasteiger partial charge on any atom is -0.497 e. The highest BCUT2D eigenvalue weighted by atomic mass is 16.5. The second kappa shape index (κ2) is 10.9. The van der Waals surface area contributed by atoms with Gasteiger partial charge in [0.15, 0.2) is 5.78 Å². The van der Waals surface area contributed by atoms with Crippen LogP contribution in [0.25, 0.3) is 0 Å². The first-order valence-electron chi connectivity index (χ1n) is 10.2. The molecule has 0 heterocycles. The molecular weight excluding hydrogens is 406 g/mol. The van der Waals surface area contributed by atoms with Crippen molar-refractivity contribution in [2.75, 3.05) is 20.8 Å². The molecule has 0 bridgehead atoms. The van der Waals surface area contributed by atoms with Crippen LogP contribution in [0.1, 0.15) is 27.0 Å². The smallest absolute Gasteiger partial charge is 0.287 e. The van der Waals surface area contributed by atoms with E-state index in [1.807, 2.05) is 24.3 Å². The Kier molecular flexibility index (Phi) is 7.75. The second-order valence-electron chi connectivity index (χ2n) is 7.21. The molecule has 3 aromatic rings. The summed E-state index contributed by atoms with van der Waals surface area (Å²) in [5, 5.41) is 2.66. The normalized spacial score (nSPS) is 10.3. The summed E-state index contributed by atoms with van der Waals surface area (Å²) in [5.74, 6) is 0.190. The predicted molar refractivity (Wildman–Crippen MR) is 121 cm³/mol. The van der Waals surface area contributed by atoms with E-state index in [1.54, 1.807) is 62.8 Å². The van der Waals surface area contributed by atoms with Crippen molar-refractivity contribution >= 4 is 17.5 Å². The van der Waals surface area contributed by atoms with E-state index >= 15 is 0 Å². The van der Waals surface area contributed by atoms with Crippen molar-refractivity contribution in [2.24, 2.45) is 0 Å². The van der Waals surface area contributed by atoms with Gasteiger partial charge in [0.2, 0.25) is 5.78 Å². The molecule has 164 valence electrons. The Bertz CT molecular complexity index is 1070. The molecule has 32 heavy (non-hydrogen) atoms. The number of benzene rings is 3. The number of Topliss-reactive ketones (excluding diaryl/α,β-unsaturated/α-hetero) is 1. The Morgan fingerprint density at radius 2 is 1.16 bits per heavy atom. The number of hydrogen-bond acceptors (Lipinski definition) is 5. The quantitative estimate of drug-likeness (QED) is 0.393. The van der Waals surface area contributed by atoms with Crippen molar-refractivity contribution in [1.29, 1.82) is 0 Å². The van der Waals surface area contributed by atoms with Crippen LogP contribution in [0.3, 0.4) is 0 Å². The fourth-order valence-electron chi connectivity index (χ4n) is 3.16. The van der Waals surface area contributed by atoms with E-state index in [0.717, 1.165) is 11.3 Å². The number of carbonyl (C=O) groups excluding carboxylic acids is 3. The zero-order valence-corrected chi connectivity index (χ0v) is 18.1. The fourth-order valence-corrected chi connectivity index (χ4v) is 3.16. The monoisotopic (exact) mass is 431 g/mol. The number of methoxy groups -OCH3 is 2. The van der Waals surface area contributed by atoms with Crippen LogP contribution in [-0.4, -0.2) is 38.2 Å². The van der Waals surface area contributed by atoms with E-state index in [-0.39, 0.29) is 12.2 Å². The van der Waals surface area contributed by atoms with E-state index in [9.17, 15) is 14.4 Å². The third-order valence-corrected chi connectivity index (χ3v) is 5.04.